The average Bonchev–Trinajstić information content (AvgIpc) is 3.06. The van der Waals surface area contributed by atoms with Crippen LogP contribution in [-0.2, 0) is 9.59 Å². The number of carbonyl (C=O) groups is 2. The lowest BCUT2D eigenvalue weighted by atomic mass is 10.2. The molecule has 9 heteroatoms. The van der Waals surface area contributed by atoms with Crippen LogP contribution in [0.5, 0.6) is 5.75 Å². The number of rotatable bonds is 7. The second kappa shape index (κ2) is 8.34. The van der Waals surface area contributed by atoms with Crippen molar-refractivity contribution in [1.82, 2.24) is 25.4 Å². The zero-order chi connectivity index (χ0) is 17.5. The van der Waals surface area contributed by atoms with Crippen LogP contribution in [0.1, 0.15) is 0 Å². The molecule has 1 aromatic heterocycles. The number of nitrogens with one attached hydrogen (secondary N) is 2. The second-order valence-electron chi connectivity index (χ2n) is 5.05. The minimum atomic E-state index is -0.244. The molecule has 0 saturated heterocycles. The molecule has 0 fully saturated rings. The van der Waals surface area contributed by atoms with E-state index in [9.17, 15) is 9.59 Å². The Morgan fingerprint density at radius 3 is 2.62 bits per heavy atom. The number of hydrogen-bond acceptors (Lipinski definition) is 6. The number of likely N-dealkylation sites (N-methyl/N-ethyl adjacent to an activating group) is 1. The van der Waals surface area contributed by atoms with Crippen molar-refractivity contribution in [3.05, 3.63) is 24.3 Å². The van der Waals surface area contributed by atoms with Gasteiger partial charge in [0.1, 0.15) is 5.75 Å². The first-order chi connectivity index (χ1) is 11.5. The number of aromatic amines is 1. The molecule has 128 valence electrons. The van der Waals surface area contributed by atoms with Gasteiger partial charge in [0, 0.05) is 19.7 Å². The minimum Gasteiger partial charge on any atom is -0.497 e. The first-order valence-corrected chi connectivity index (χ1v) is 8.14. The van der Waals surface area contributed by atoms with Crippen LogP contribution in [0, 0.1) is 0 Å². The van der Waals surface area contributed by atoms with E-state index in [1.165, 1.54) is 16.7 Å². The van der Waals surface area contributed by atoms with Gasteiger partial charge in [-0.25, -0.2) is 4.98 Å². The van der Waals surface area contributed by atoms with E-state index in [4.69, 9.17) is 4.74 Å². The van der Waals surface area contributed by atoms with Gasteiger partial charge in [-0.1, -0.05) is 11.8 Å². The molecule has 2 aromatic rings. The fourth-order valence-corrected chi connectivity index (χ4v) is 2.33. The summed E-state index contributed by atoms with van der Waals surface area (Å²) in [5.74, 6) is 1.11. The van der Waals surface area contributed by atoms with E-state index < -0.39 is 0 Å². The van der Waals surface area contributed by atoms with Crippen LogP contribution in [0.2, 0.25) is 0 Å². The third kappa shape index (κ3) is 4.98. The van der Waals surface area contributed by atoms with Crippen LogP contribution >= 0.6 is 11.8 Å². The Hall–Kier alpha value is -2.55. The molecule has 1 aromatic carbocycles. The molecule has 0 aliphatic heterocycles. The Morgan fingerprint density at radius 2 is 2.00 bits per heavy atom. The highest BCUT2D eigenvalue weighted by Gasteiger charge is 2.11. The highest BCUT2D eigenvalue weighted by molar-refractivity contribution is 7.99. The lowest BCUT2D eigenvalue weighted by molar-refractivity contribution is -0.130. The smallest absolute Gasteiger partial charge is 0.241 e. The van der Waals surface area contributed by atoms with Gasteiger partial charge in [0.05, 0.1) is 19.4 Å². The number of benzene rings is 1. The highest BCUT2D eigenvalue weighted by Crippen LogP contribution is 2.21. The maximum atomic E-state index is 11.7. The number of ether oxygens (including phenoxy) is 1. The molecule has 2 rings (SSSR count). The predicted molar refractivity (Wildman–Crippen MR) is 90.8 cm³/mol. The van der Waals surface area contributed by atoms with E-state index in [1.54, 1.807) is 21.2 Å². The number of methoxy groups -OCH3 is 1. The number of thioether (sulfide) groups is 1. The number of nitrogens with zero attached hydrogens (tertiary/aromatic N) is 3. The summed E-state index contributed by atoms with van der Waals surface area (Å²) in [6.45, 7) is -0.0164. The van der Waals surface area contributed by atoms with Crippen molar-refractivity contribution < 1.29 is 14.3 Å². The van der Waals surface area contributed by atoms with Crippen LogP contribution in [0.15, 0.2) is 29.4 Å². The summed E-state index contributed by atoms with van der Waals surface area (Å²) in [7, 11) is 4.88. The molecule has 0 aliphatic carbocycles. The molecule has 0 unspecified atom stereocenters. The summed E-state index contributed by atoms with van der Waals surface area (Å²) < 4.78 is 5.11. The number of carbonyl (C=O) groups excluding carboxylic acids is 2. The van der Waals surface area contributed by atoms with Gasteiger partial charge in [0.2, 0.25) is 17.0 Å². The van der Waals surface area contributed by atoms with Gasteiger partial charge in [-0.3, -0.25) is 14.7 Å². The zero-order valence-electron chi connectivity index (χ0n) is 13.7. The Balaban J connectivity index is 1.85. The monoisotopic (exact) mass is 349 g/mol. The van der Waals surface area contributed by atoms with E-state index in [0.29, 0.717) is 11.0 Å². The molecule has 24 heavy (non-hydrogen) atoms. The van der Waals surface area contributed by atoms with Crippen molar-refractivity contribution in [2.24, 2.45) is 0 Å². The van der Waals surface area contributed by atoms with Crippen molar-refractivity contribution in [2.45, 2.75) is 5.16 Å². The number of H-pyrrole nitrogens is 1. The molecule has 2 N–H and O–H groups in total. The molecule has 0 radical (unpaired) electrons. The lowest BCUT2D eigenvalue weighted by Gasteiger charge is -2.10. The molecule has 0 aliphatic rings. The number of aromatic nitrogens is 3. The van der Waals surface area contributed by atoms with Crippen LogP contribution < -0.4 is 10.1 Å². The van der Waals surface area contributed by atoms with Crippen molar-refractivity contribution in [3.63, 3.8) is 0 Å². The van der Waals surface area contributed by atoms with Crippen LogP contribution in [-0.4, -0.2) is 65.4 Å². The lowest BCUT2D eigenvalue weighted by Crippen LogP contribution is -2.36. The SMILES string of the molecule is COc1ccc(-c2nc(SCC(=O)NCC(=O)N(C)C)n[nH]2)cc1. The Morgan fingerprint density at radius 1 is 1.29 bits per heavy atom. The van der Waals surface area contributed by atoms with Gasteiger partial charge in [0.15, 0.2) is 5.82 Å². The van der Waals surface area contributed by atoms with Gasteiger partial charge in [-0.2, -0.15) is 0 Å². The number of amides is 2. The summed E-state index contributed by atoms with van der Waals surface area (Å²) in [6.07, 6.45) is 0. The van der Waals surface area contributed by atoms with Crippen LogP contribution in [0.3, 0.4) is 0 Å². The quantitative estimate of drug-likeness (QED) is 0.717. The zero-order valence-corrected chi connectivity index (χ0v) is 14.5. The average molecular weight is 349 g/mol. The predicted octanol–water partition coefficient (Wildman–Crippen LogP) is 0.777. The van der Waals surface area contributed by atoms with Gasteiger partial charge in [-0.05, 0) is 24.3 Å². The minimum absolute atomic E-state index is 0.0164. The fraction of sp³-hybridized carbons (Fsp3) is 0.333. The number of hydrogen-bond donors (Lipinski definition) is 2. The van der Waals surface area contributed by atoms with Gasteiger partial charge >= 0.3 is 0 Å². The van der Waals surface area contributed by atoms with Crippen LogP contribution in [0.25, 0.3) is 11.4 Å². The maximum absolute atomic E-state index is 11.7. The Bertz CT molecular complexity index is 699. The van der Waals surface area contributed by atoms with E-state index in [0.717, 1.165) is 11.3 Å². The summed E-state index contributed by atoms with van der Waals surface area (Å²) >= 11 is 1.20. The van der Waals surface area contributed by atoms with E-state index in [1.807, 2.05) is 24.3 Å². The van der Waals surface area contributed by atoms with Crippen LogP contribution in [0.4, 0.5) is 0 Å². The highest BCUT2D eigenvalue weighted by atomic mass is 32.2. The van der Waals surface area contributed by atoms with E-state index in [2.05, 4.69) is 20.5 Å². The molecule has 0 saturated carbocycles. The van der Waals surface area contributed by atoms with Crippen molar-refractivity contribution in [3.8, 4) is 17.1 Å². The molecular formula is C15H19N5O3S. The first-order valence-electron chi connectivity index (χ1n) is 7.16. The molecule has 0 spiro atoms. The van der Waals surface area contributed by atoms with E-state index in [-0.39, 0.29) is 24.1 Å². The molecular weight excluding hydrogens is 330 g/mol. The second-order valence-corrected chi connectivity index (χ2v) is 5.99. The largest absolute Gasteiger partial charge is 0.497 e. The molecule has 1 heterocycles. The van der Waals surface area contributed by atoms with Crippen molar-refractivity contribution in [2.75, 3.05) is 33.5 Å². The van der Waals surface area contributed by atoms with Gasteiger partial charge in [-0.15, -0.1) is 5.10 Å². The fourth-order valence-electron chi connectivity index (χ4n) is 1.70. The third-order valence-electron chi connectivity index (χ3n) is 3.10. The summed E-state index contributed by atoms with van der Waals surface area (Å²) in [4.78, 5) is 28.9. The van der Waals surface area contributed by atoms with Crippen molar-refractivity contribution in [1.29, 1.82) is 0 Å². The van der Waals surface area contributed by atoms with Gasteiger partial charge < -0.3 is 15.0 Å². The molecule has 2 amide bonds. The summed E-state index contributed by atoms with van der Waals surface area (Å²) in [5.41, 5.74) is 0.871. The molecule has 0 atom stereocenters. The van der Waals surface area contributed by atoms with Gasteiger partial charge in [0.25, 0.3) is 0 Å². The van der Waals surface area contributed by atoms with E-state index >= 15 is 0 Å². The topological polar surface area (TPSA) is 100 Å². The standard InChI is InChI=1S/C15H19N5O3S/c1-20(2)13(22)8-16-12(21)9-24-15-17-14(18-19-15)10-4-6-11(23-3)7-5-10/h4-7H,8-9H2,1-3H3,(H,16,21)(H,17,18,19). The maximum Gasteiger partial charge on any atom is 0.241 e. The third-order valence-corrected chi connectivity index (χ3v) is 3.94. The normalized spacial score (nSPS) is 10.3. The first kappa shape index (κ1) is 17.8. The molecule has 0 bridgehead atoms. The molecule has 8 nitrogen and oxygen atoms in total. The summed E-state index contributed by atoms with van der Waals surface area (Å²) in [6, 6.07) is 7.40. The Kier molecular flexibility index (Phi) is 6.19. The van der Waals surface area contributed by atoms with Crippen molar-refractivity contribution >= 4 is 23.6 Å². The Labute approximate surface area is 144 Å². The summed E-state index contributed by atoms with van der Waals surface area (Å²) in [5, 5.41) is 9.93.